The number of carbonyl (C=O) groups is 3. The van der Waals surface area contributed by atoms with Crippen molar-refractivity contribution < 1.29 is 19.1 Å². The van der Waals surface area contributed by atoms with Gasteiger partial charge in [0.25, 0.3) is 11.8 Å². The van der Waals surface area contributed by atoms with Gasteiger partial charge in [-0.25, -0.2) is 4.79 Å². The number of benzene rings is 2. The predicted molar refractivity (Wildman–Crippen MR) is 98.9 cm³/mol. The molecule has 0 aliphatic rings. The van der Waals surface area contributed by atoms with Crippen molar-refractivity contribution in [2.45, 2.75) is 6.92 Å². The number of fused-ring (bicyclic) bond motifs is 1. The molecule has 3 aromatic rings. The van der Waals surface area contributed by atoms with Gasteiger partial charge in [-0.15, -0.1) is 11.3 Å². The number of carbonyl (C=O) groups excluding carboxylic acids is 3. The number of nitrogens with one attached hydrogen (secondary N) is 2. The minimum Gasteiger partial charge on any atom is -0.451 e. The van der Waals surface area contributed by atoms with E-state index in [4.69, 9.17) is 4.74 Å². The van der Waals surface area contributed by atoms with Gasteiger partial charge in [0.05, 0.1) is 0 Å². The van der Waals surface area contributed by atoms with E-state index in [1.165, 1.54) is 11.3 Å². The summed E-state index contributed by atoms with van der Waals surface area (Å²) in [5, 5.41) is 0.990. The number of hydrazine groups is 1. The van der Waals surface area contributed by atoms with Crippen LogP contribution in [0.3, 0.4) is 0 Å². The molecule has 0 spiro atoms. The van der Waals surface area contributed by atoms with Crippen molar-refractivity contribution >= 4 is 39.2 Å². The van der Waals surface area contributed by atoms with E-state index in [2.05, 4.69) is 10.9 Å². The molecular formula is C19H16N2O4S. The first-order valence-electron chi connectivity index (χ1n) is 7.86. The van der Waals surface area contributed by atoms with Gasteiger partial charge in [-0.05, 0) is 36.1 Å². The van der Waals surface area contributed by atoms with Crippen LogP contribution in [0.2, 0.25) is 0 Å². The summed E-state index contributed by atoms with van der Waals surface area (Å²) < 4.78 is 6.03. The van der Waals surface area contributed by atoms with Crippen molar-refractivity contribution in [3.63, 3.8) is 0 Å². The molecule has 0 unspecified atom stereocenters. The summed E-state index contributed by atoms with van der Waals surface area (Å²) >= 11 is 1.32. The van der Waals surface area contributed by atoms with Crippen molar-refractivity contribution in [1.29, 1.82) is 0 Å². The third-order valence-corrected chi connectivity index (χ3v) is 4.97. The van der Waals surface area contributed by atoms with Crippen LogP contribution in [0.15, 0.2) is 54.6 Å². The summed E-state index contributed by atoms with van der Waals surface area (Å²) in [4.78, 5) is 36.3. The molecular weight excluding hydrogens is 352 g/mol. The topological polar surface area (TPSA) is 84.5 Å². The molecule has 26 heavy (non-hydrogen) atoms. The van der Waals surface area contributed by atoms with Crippen LogP contribution in [-0.4, -0.2) is 24.4 Å². The normalized spacial score (nSPS) is 10.3. The SMILES string of the molecule is Cc1c(C(=O)OCC(=O)NNC(=O)c2ccccc2)sc2ccccc12. The van der Waals surface area contributed by atoms with E-state index in [-0.39, 0.29) is 0 Å². The van der Waals surface area contributed by atoms with Crippen LogP contribution in [0.5, 0.6) is 0 Å². The molecule has 0 aliphatic heterocycles. The summed E-state index contributed by atoms with van der Waals surface area (Å²) in [5.74, 6) is -1.64. The molecule has 1 aromatic heterocycles. The molecule has 132 valence electrons. The van der Waals surface area contributed by atoms with E-state index in [0.717, 1.165) is 15.6 Å². The molecule has 0 bridgehead atoms. The number of hydrogen-bond acceptors (Lipinski definition) is 5. The Kier molecular flexibility index (Phi) is 5.28. The lowest BCUT2D eigenvalue weighted by Gasteiger charge is -2.08. The molecule has 3 rings (SSSR count). The Morgan fingerprint density at radius 3 is 2.38 bits per heavy atom. The summed E-state index contributed by atoms with van der Waals surface area (Å²) in [5.41, 5.74) is 5.72. The minimum absolute atomic E-state index is 0.408. The van der Waals surface area contributed by atoms with Crippen molar-refractivity contribution in [3.05, 3.63) is 70.6 Å². The lowest BCUT2D eigenvalue weighted by Crippen LogP contribution is -2.43. The van der Waals surface area contributed by atoms with Crippen molar-refractivity contribution in [1.82, 2.24) is 10.9 Å². The number of aryl methyl sites for hydroxylation is 1. The Labute approximate surface area is 153 Å². The first-order valence-corrected chi connectivity index (χ1v) is 8.67. The van der Waals surface area contributed by atoms with Gasteiger partial charge in [0.1, 0.15) is 4.88 Å². The highest BCUT2D eigenvalue weighted by molar-refractivity contribution is 7.21. The van der Waals surface area contributed by atoms with E-state index in [1.807, 2.05) is 31.2 Å². The van der Waals surface area contributed by atoms with Crippen LogP contribution < -0.4 is 10.9 Å². The second-order valence-electron chi connectivity index (χ2n) is 5.50. The Morgan fingerprint density at radius 1 is 0.962 bits per heavy atom. The zero-order valence-electron chi connectivity index (χ0n) is 13.9. The van der Waals surface area contributed by atoms with Gasteiger partial charge < -0.3 is 4.74 Å². The zero-order valence-corrected chi connectivity index (χ0v) is 14.8. The fourth-order valence-electron chi connectivity index (χ4n) is 2.39. The molecule has 2 amide bonds. The first kappa shape index (κ1) is 17.6. The van der Waals surface area contributed by atoms with Gasteiger partial charge >= 0.3 is 5.97 Å². The monoisotopic (exact) mass is 368 g/mol. The lowest BCUT2D eigenvalue weighted by molar-refractivity contribution is -0.125. The second kappa shape index (κ2) is 7.79. The van der Waals surface area contributed by atoms with Crippen LogP contribution in [-0.2, 0) is 9.53 Å². The highest BCUT2D eigenvalue weighted by Gasteiger charge is 2.18. The molecule has 0 aliphatic carbocycles. The molecule has 6 nitrogen and oxygen atoms in total. The van der Waals surface area contributed by atoms with E-state index < -0.39 is 24.4 Å². The summed E-state index contributed by atoms with van der Waals surface area (Å²) in [6.07, 6.45) is 0. The Balaban J connectivity index is 1.53. The molecule has 7 heteroatoms. The number of hydrogen-bond donors (Lipinski definition) is 2. The highest BCUT2D eigenvalue weighted by atomic mass is 32.1. The zero-order chi connectivity index (χ0) is 18.5. The van der Waals surface area contributed by atoms with E-state index in [1.54, 1.807) is 30.3 Å². The molecule has 2 aromatic carbocycles. The van der Waals surface area contributed by atoms with Gasteiger partial charge in [-0.3, -0.25) is 20.4 Å². The van der Waals surface area contributed by atoms with Gasteiger partial charge in [0, 0.05) is 10.3 Å². The van der Waals surface area contributed by atoms with Gasteiger partial charge in [0.15, 0.2) is 6.61 Å². The third-order valence-electron chi connectivity index (χ3n) is 3.71. The number of esters is 1. The van der Waals surface area contributed by atoms with Crippen LogP contribution in [0.1, 0.15) is 25.6 Å². The Hall–Kier alpha value is -3.19. The van der Waals surface area contributed by atoms with E-state index in [9.17, 15) is 14.4 Å². The molecule has 1 heterocycles. The largest absolute Gasteiger partial charge is 0.451 e. The molecule has 2 N–H and O–H groups in total. The number of ether oxygens (including phenoxy) is 1. The van der Waals surface area contributed by atoms with Gasteiger partial charge in [-0.2, -0.15) is 0 Å². The number of thiophene rings is 1. The number of amides is 2. The van der Waals surface area contributed by atoms with Crippen LogP contribution >= 0.6 is 11.3 Å². The molecule has 0 saturated carbocycles. The fourth-order valence-corrected chi connectivity index (χ4v) is 3.49. The van der Waals surface area contributed by atoms with Crippen molar-refractivity contribution in [3.8, 4) is 0 Å². The summed E-state index contributed by atoms with van der Waals surface area (Å²) in [6.45, 7) is 1.36. The Bertz CT molecular complexity index is 966. The smallest absolute Gasteiger partial charge is 0.349 e. The summed E-state index contributed by atoms with van der Waals surface area (Å²) in [7, 11) is 0. The van der Waals surface area contributed by atoms with Crippen molar-refractivity contribution in [2.24, 2.45) is 0 Å². The van der Waals surface area contributed by atoms with Gasteiger partial charge in [-0.1, -0.05) is 36.4 Å². The predicted octanol–water partition coefficient (Wildman–Crippen LogP) is 2.83. The average molecular weight is 368 g/mol. The summed E-state index contributed by atoms with van der Waals surface area (Å²) in [6, 6.07) is 16.1. The maximum atomic E-state index is 12.2. The van der Waals surface area contributed by atoms with Crippen LogP contribution in [0.4, 0.5) is 0 Å². The van der Waals surface area contributed by atoms with Crippen molar-refractivity contribution in [2.75, 3.05) is 6.61 Å². The maximum absolute atomic E-state index is 12.2. The highest BCUT2D eigenvalue weighted by Crippen LogP contribution is 2.30. The molecule has 0 atom stereocenters. The first-order chi connectivity index (χ1) is 12.6. The fraction of sp³-hybridized carbons (Fsp3) is 0.105. The van der Waals surface area contributed by atoms with E-state index >= 15 is 0 Å². The lowest BCUT2D eigenvalue weighted by atomic mass is 10.1. The van der Waals surface area contributed by atoms with Gasteiger partial charge in [0.2, 0.25) is 0 Å². The second-order valence-corrected chi connectivity index (χ2v) is 6.55. The van der Waals surface area contributed by atoms with E-state index in [0.29, 0.717) is 10.4 Å². The molecule has 0 radical (unpaired) electrons. The van der Waals surface area contributed by atoms with Crippen LogP contribution in [0, 0.1) is 6.92 Å². The molecule has 0 fully saturated rings. The minimum atomic E-state index is -0.624. The average Bonchev–Trinajstić information content (AvgIpc) is 3.02. The number of rotatable bonds is 4. The van der Waals surface area contributed by atoms with Crippen LogP contribution in [0.25, 0.3) is 10.1 Å². The third kappa shape index (κ3) is 3.89. The standard InChI is InChI=1S/C19H16N2O4S/c1-12-14-9-5-6-10-15(14)26-17(12)19(24)25-11-16(22)20-21-18(23)13-7-3-2-4-8-13/h2-10H,11H2,1H3,(H,20,22)(H,21,23). The Morgan fingerprint density at radius 2 is 1.65 bits per heavy atom. The quantitative estimate of drug-likeness (QED) is 0.548. The maximum Gasteiger partial charge on any atom is 0.349 e. The molecule has 0 saturated heterocycles.